The van der Waals surface area contributed by atoms with E-state index in [9.17, 15) is 14.4 Å². The zero-order valence-electron chi connectivity index (χ0n) is 15.4. The Morgan fingerprint density at radius 1 is 1.29 bits per heavy atom. The molecule has 0 radical (unpaired) electrons. The molecule has 0 spiro atoms. The first-order valence-corrected chi connectivity index (χ1v) is 10.0. The van der Waals surface area contributed by atoms with E-state index < -0.39 is 0 Å². The highest BCUT2D eigenvalue weighted by Crippen LogP contribution is 2.35. The van der Waals surface area contributed by atoms with E-state index in [0.29, 0.717) is 24.6 Å². The van der Waals surface area contributed by atoms with Crippen LogP contribution in [0.25, 0.3) is 10.7 Å². The Morgan fingerprint density at radius 2 is 2.00 bits per heavy atom. The van der Waals surface area contributed by atoms with E-state index in [4.69, 9.17) is 4.52 Å². The maximum absolute atomic E-state index is 12.5. The molecule has 146 valence electrons. The first kappa shape index (κ1) is 18.5. The number of carbonyl (C=O) groups is 3. The van der Waals surface area contributed by atoms with Crippen molar-refractivity contribution in [2.45, 2.75) is 25.8 Å². The third kappa shape index (κ3) is 3.49. The molecule has 0 saturated carbocycles. The summed E-state index contributed by atoms with van der Waals surface area (Å²) in [6.07, 6.45) is 5.17. The summed E-state index contributed by atoms with van der Waals surface area (Å²) >= 11 is 1.51. The van der Waals surface area contributed by atoms with E-state index >= 15 is 0 Å². The summed E-state index contributed by atoms with van der Waals surface area (Å²) in [6.45, 7) is 0.284. The van der Waals surface area contributed by atoms with Gasteiger partial charge in [-0.1, -0.05) is 23.4 Å². The van der Waals surface area contributed by atoms with Gasteiger partial charge in [-0.05, 0) is 24.3 Å². The van der Waals surface area contributed by atoms with Crippen LogP contribution in [0.15, 0.2) is 34.2 Å². The van der Waals surface area contributed by atoms with Gasteiger partial charge in [-0.2, -0.15) is 4.98 Å². The fourth-order valence-electron chi connectivity index (χ4n) is 3.60. The van der Waals surface area contributed by atoms with E-state index in [1.807, 2.05) is 29.7 Å². The van der Waals surface area contributed by atoms with E-state index in [2.05, 4.69) is 10.1 Å². The van der Waals surface area contributed by atoms with Crippen molar-refractivity contribution in [3.05, 3.63) is 35.6 Å². The zero-order valence-corrected chi connectivity index (χ0v) is 16.2. The first-order chi connectivity index (χ1) is 13.5. The number of rotatable bonds is 6. The standard InChI is InChI=1S/C19H20N4O4S/c1-22(11-15-20-17(21-27-15)14-7-4-10-28-14)16(24)8-9-23-18(25)12-5-2-3-6-13(12)19(23)26/h2-4,7,10,12-13H,5-6,8-9,11H2,1H3/t12-,13+. The molecule has 8 nitrogen and oxygen atoms in total. The number of hydrogen-bond donors (Lipinski definition) is 0. The summed E-state index contributed by atoms with van der Waals surface area (Å²) < 4.78 is 5.21. The van der Waals surface area contributed by atoms with Crippen molar-refractivity contribution in [2.24, 2.45) is 11.8 Å². The van der Waals surface area contributed by atoms with Gasteiger partial charge in [0, 0.05) is 20.0 Å². The molecule has 2 aromatic heterocycles. The summed E-state index contributed by atoms with van der Waals surface area (Å²) in [7, 11) is 1.63. The molecule has 4 rings (SSSR count). The number of nitrogens with zero attached hydrogens (tertiary/aromatic N) is 4. The zero-order chi connectivity index (χ0) is 19.7. The van der Waals surface area contributed by atoms with Crippen LogP contribution >= 0.6 is 11.3 Å². The molecule has 28 heavy (non-hydrogen) atoms. The third-order valence-corrected chi connectivity index (χ3v) is 6.02. The predicted octanol–water partition coefficient (Wildman–Crippen LogP) is 2.10. The molecule has 0 aromatic carbocycles. The SMILES string of the molecule is CN(Cc1nc(-c2cccs2)no1)C(=O)CCN1C(=O)[C@H]2CC=CC[C@H]2C1=O. The lowest BCUT2D eigenvalue weighted by atomic mass is 9.85. The number of aromatic nitrogens is 2. The lowest BCUT2D eigenvalue weighted by molar-refractivity contribution is -0.140. The van der Waals surface area contributed by atoms with Gasteiger partial charge in [0.05, 0.1) is 23.3 Å². The highest BCUT2D eigenvalue weighted by Gasteiger charge is 2.46. The number of imide groups is 1. The fraction of sp³-hybridized carbons (Fsp3) is 0.421. The van der Waals surface area contributed by atoms with Crippen molar-refractivity contribution in [1.29, 1.82) is 0 Å². The van der Waals surface area contributed by atoms with E-state index in [1.54, 1.807) is 7.05 Å². The van der Waals surface area contributed by atoms with Crippen molar-refractivity contribution in [1.82, 2.24) is 19.9 Å². The molecule has 1 aliphatic carbocycles. The molecule has 3 amide bonds. The van der Waals surface area contributed by atoms with Gasteiger partial charge in [0.1, 0.15) is 0 Å². The minimum atomic E-state index is -0.264. The summed E-state index contributed by atoms with van der Waals surface area (Å²) in [5.41, 5.74) is 0. The minimum absolute atomic E-state index is 0.0762. The monoisotopic (exact) mass is 400 g/mol. The second-order valence-corrected chi connectivity index (χ2v) is 7.92. The van der Waals surface area contributed by atoms with Crippen LogP contribution in [0.3, 0.4) is 0 Å². The predicted molar refractivity (Wildman–Crippen MR) is 101 cm³/mol. The maximum atomic E-state index is 12.5. The summed E-state index contributed by atoms with van der Waals surface area (Å²) in [5, 5.41) is 5.85. The molecule has 1 saturated heterocycles. The van der Waals surface area contributed by atoms with Crippen molar-refractivity contribution in [3.63, 3.8) is 0 Å². The van der Waals surface area contributed by atoms with Crippen molar-refractivity contribution in [2.75, 3.05) is 13.6 Å². The average molecular weight is 400 g/mol. The van der Waals surface area contributed by atoms with Crippen molar-refractivity contribution in [3.8, 4) is 10.7 Å². The number of carbonyl (C=O) groups excluding carboxylic acids is 3. The van der Waals surface area contributed by atoms with Gasteiger partial charge in [0.25, 0.3) is 0 Å². The van der Waals surface area contributed by atoms with Crippen LogP contribution in [-0.4, -0.2) is 51.3 Å². The first-order valence-electron chi connectivity index (χ1n) is 9.15. The smallest absolute Gasteiger partial charge is 0.246 e. The topological polar surface area (TPSA) is 96.6 Å². The third-order valence-electron chi connectivity index (χ3n) is 5.16. The molecule has 0 bridgehead atoms. The normalized spacial score (nSPS) is 21.2. The molecular formula is C19H20N4O4S. The minimum Gasteiger partial charge on any atom is -0.337 e. The number of allylic oxidation sites excluding steroid dienone is 2. The van der Waals surface area contributed by atoms with Gasteiger partial charge in [-0.25, -0.2) is 0 Å². The summed E-state index contributed by atoms with van der Waals surface area (Å²) in [5.74, 6) is -0.206. The largest absolute Gasteiger partial charge is 0.337 e. The molecule has 2 aromatic rings. The van der Waals surface area contributed by atoms with Crippen LogP contribution in [0.5, 0.6) is 0 Å². The number of hydrogen-bond acceptors (Lipinski definition) is 7. The lowest BCUT2D eigenvalue weighted by Gasteiger charge is -2.18. The molecule has 0 unspecified atom stereocenters. The number of amides is 3. The van der Waals surface area contributed by atoms with Crippen LogP contribution < -0.4 is 0 Å². The molecule has 0 N–H and O–H groups in total. The van der Waals surface area contributed by atoms with Gasteiger partial charge >= 0.3 is 0 Å². The highest BCUT2D eigenvalue weighted by atomic mass is 32.1. The van der Waals surface area contributed by atoms with Crippen LogP contribution in [-0.2, 0) is 20.9 Å². The number of fused-ring (bicyclic) bond motifs is 1. The molecule has 9 heteroatoms. The summed E-state index contributed by atoms with van der Waals surface area (Å²) in [4.78, 5) is 45.3. The number of likely N-dealkylation sites (tertiary alicyclic amines) is 1. The van der Waals surface area contributed by atoms with Crippen molar-refractivity contribution < 1.29 is 18.9 Å². The fourth-order valence-corrected chi connectivity index (χ4v) is 4.25. The molecule has 1 aliphatic heterocycles. The van der Waals surface area contributed by atoms with Gasteiger partial charge in [0.2, 0.25) is 29.4 Å². The highest BCUT2D eigenvalue weighted by molar-refractivity contribution is 7.13. The quantitative estimate of drug-likeness (QED) is 0.544. The van der Waals surface area contributed by atoms with Crippen LogP contribution in [0.2, 0.25) is 0 Å². The second kappa shape index (κ2) is 7.67. The number of thiophene rings is 1. The molecular weight excluding hydrogens is 380 g/mol. The van der Waals surface area contributed by atoms with Gasteiger partial charge in [-0.15, -0.1) is 11.3 Å². The molecule has 2 atom stereocenters. The van der Waals surface area contributed by atoms with E-state index in [1.165, 1.54) is 21.1 Å². The average Bonchev–Trinajstić information content (AvgIpc) is 3.42. The Kier molecular flexibility index (Phi) is 5.08. The van der Waals surface area contributed by atoms with Crippen LogP contribution in [0, 0.1) is 11.8 Å². The van der Waals surface area contributed by atoms with Gasteiger partial charge in [0.15, 0.2) is 0 Å². The molecule has 2 aliphatic rings. The van der Waals surface area contributed by atoms with Crippen LogP contribution in [0.1, 0.15) is 25.2 Å². The Hall–Kier alpha value is -2.81. The Morgan fingerprint density at radius 3 is 2.64 bits per heavy atom. The van der Waals surface area contributed by atoms with E-state index in [0.717, 1.165) is 4.88 Å². The van der Waals surface area contributed by atoms with Crippen molar-refractivity contribution >= 4 is 29.1 Å². The Labute approximate surface area is 165 Å². The molecule has 3 heterocycles. The molecule has 1 fully saturated rings. The Balaban J connectivity index is 1.31. The lowest BCUT2D eigenvalue weighted by Crippen LogP contribution is -2.36. The second-order valence-electron chi connectivity index (χ2n) is 6.97. The summed E-state index contributed by atoms with van der Waals surface area (Å²) in [6, 6.07) is 3.80. The van der Waals surface area contributed by atoms with E-state index in [-0.39, 0.29) is 49.1 Å². The maximum Gasteiger partial charge on any atom is 0.246 e. The van der Waals surface area contributed by atoms with Gasteiger partial charge < -0.3 is 9.42 Å². The van der Waals surface area contributed by atoms with Gasteiger partial charge in [-0.3, -0.25) is 19.3 Å². The Bertz CT molecular complexity index is 894. The van der Waals surface area contributed by atoms with Crippen LogP contribution in [0.4, 0.5) is 0 Å².